The van der Waals surface area contributed by atoms with Gasteiger partial charge in [-0.1, -0.05) is 12.1 Å². The Bertz CT molecular complexity index is 609. The van der Waals surface area contributed by atoms with Gasteiger partial charge in [0, 0.05) is 24.4 Å². The largest absolute Gasteiger partial charge is 0.480 e. The first-order valence-corrected chi connectivity index (χ1v) is 5.97. The highest BCUT2D eigenvalue weighted by Crippen LogP contribution is 2.28. The molecular formula is C15H16N2O2. The van der Waals surface area contributed by atoms with Gasteiger partial charge in [0.15, 0.2) is 0 Å². The summed E-state index contributed by atoms with van der Waals surface area (Å²) >= 11 is 0. The predicted octanol–water partition coefficient (Wildman–Crippen LogP) is 2.92. The third kappa shape index (κ3) is 2.57. The van der Waals surface area contributed by atoms with E-state index in [4.69, 9.17) is 4.74 Å². The van der Waals surface area contributed by atoms with Crippen LogP contribution in [0.2, 0.25) is 0 Å². The summed E-state index contributed by atoms with van der Waals surface area (Å²) in [7, 11) is 3.40. The van der Waals surface area contributed by atoms with Gasteiger partial charge in [-0.25, -0.2) is 4.98 Å². The lowest BCUT2D eigenvalue weighted by Crippen LogP contribution is -1.97. The first kappa shape index (κ1) is 13.1. The highest BCUT2D eigenvalue weighted by Gasteiger charge is 2.07. The standard InChI is InChI=1S/C15H16N2O2/c1-10-4-5-11(6-13(10)9-18)12-7-14(16-2)15(19-3)17-8-12/h4-9,16H,1-3H3. The van der Waals surface area contributed by atoms with Crippen molar-refractivity contribution >= 4 is 12.0 Å². The average molecular weight is 256 g/mol. The summed E-state index contributed by atoms with van der Waals surface area (Å²) in [5.41, 5.74) is 4.37. The minimum absolute atomic E-state index is 0.550. The van der Waals surface area contributed by atoms with Crippen LogP contribution in [0, 0.1) is 6.92 Å². The molecule has 1 heterocycles. The number of benzene rings is 1. The van der Waals surface area contributed by atoms with Crippen molar-refractivity contribution in [3.63, 3.8) is 0 Å². The molecule has 4 nitrogen and oxygen atoms in total. The minimum atomic E-state index is 0.550. The minimum Gasteiger partial charge on any atom is -0.480 e. The third-order valence-corrected chi connectivity index (χ3v) is 3.05. The molecule has 98 valence electrons. The highest BCUT2D eigenvalue weighted by molar-refractivity contribution is 5.81. The molecule has 0 aliphatic heterocycles. The Morgan fingerprint density at radius 1 is 1.26 bits per heavy atom. The van der Waals surface area contributed by atoms with Gasteiger partial charge in [-0.2, -0.15) is 0 Å². The first-order valence-electron chi connectivity index (χ1n) is 5.97. The number of anilines is 1. The molecule has 0 radical (unpaired) electrons. The average Bonchev–Trinajstić information content (AvgIpc) is 2.47. The Balaban J connectivity index is 2.49. The molecule has 0 amide bonds. The SMILES string of the molecule is CNc1cc(-c2ccc(C)c(C=O)c2)cnc1OC. The van der Waals surface area contributed by atoms with Crippen LogP contribution in [0.25, 0.3) is 11.1 Å². The number of hydrogen-bond donors (Lipinski definition) is 1. The number of nitrogens with zero attached hydrogens (tertiary/aromatic N) is 1. The van der Waals surface area contributed by atoms with E-state index >= 15 is 0 Å². The molecule has 0 bridgehead atoms. The number of aryl methyl sites for hydroxylation is 1. The van der Waals surface area contributed by atoms with Gasteiger partial charge >= 0.3 is 0 Å². The number of rotatable bonds is 4. The number of methoxy groups -OCH3 is 1. The molecule has 19 heavy (non-hydrogen) atoms. The molecule has 0 atom stereocenters. The van der Waals surface area contributed by atoms with Crippen LogP contribution in [0.3, 0.4) is 0 Å². The molecule has 0 saturated heterocycles. The zero-order valence-electron chi connectivity index (χ0n) is 11.2. The van der Waals surface area contributed by atoms with Gasteiger partial charge in [0.05, 0.1) is 12.8 Å². The molecule has 0 spiro atoms. The van der Waals surface area contributed by atoms with Crippen molar-refractivity contribution in [1.82, 2.24) is 4.98 Å². The van der Waals surface area contributed by atoms with E-state index in [0.717, 1.165) is 28.7 Å². The smallest absolute Gasteiger partial charge is 0.237 e. The Morgan fingerprint density at radius 2 is 2.05 bits per heavy atom. The molecule has 1 N–H and O–H groups in total. The Morgan fingerprint density at radius 3 is 2.68 bits per heavy atom. The maximum Gasteiger partial charge on any atom is 0.237 e. The van der Waals surface area contributed by atoms with Crippen LogP contribution in [0.4, 0.5) is 5.69 Å². The van der Waals surface area contributed by atoms with Crippen LogP contribution in [0.15, 0.2) is 30.5 Å². The van der Waals surface area contributed by atoms with Crippen molar-refractivity contribution in [2.75, 3.05) is 19.5 Å². The molecule has 0 fully saturated rings. The topological polar surface area (TPSA) is 51.2 Å². The summed E-state index contributed by atoms with van der Waals surface area (Å²) in [5, 5.41) is 3.04. The fraction of sp³-hybridized carbons (Fsp3) is 0.200. The van der Waals surface area contributed by atoms with Crippen LogP contribution in [-0.2, 0) is 0 Å². The number of ether oxygens (including phenoxy) is 1. The number of carbonyl (C=O) groups is 1. The molecule has 2 aromatic rings. The van der Waals surface area contributed by atoms with Crippen LogP contribution in [0.5, 0.6) is 5.88 Å². The van der Waals surface area contributed by atoms with Crippen molar-refractivity contribution in [1.29, 1.82) is 0 Å². The molecule has 0 unspecified atom stereocenters. The monoisotopic (exact) mass is 256 g/mol. The summed E-state index contributed by atoms with van der Waals surface area (Å²) in [5.74, 6) is 0.550. The van der Waals surface area contributed by atoms with Gasteiger partial charge in [-0.05, 0) is 30.2 Å². The van der Waals surface area contributed by atoms with E-state index in [9.17, 15) is 4.79 Å². The van der Waals surface area contributed by atoms with Gasteiger partial charge in [-0.3, -0.25) is 4.79 Å². The number of pyridine rings is 1. The molecule has 0 aliphatic carbocycles. The molecule has 0 aliphatic rings. The first-order chi connectivity index (χ1) is 9.19. The summed E-state index contributed by atoms with van der Waals surface area (Å²) in [6.45, 7) is 1.92. The second-order valence-corrected chi connectivity index (χ2v) is 4.22. The number of aromatic nitrogens is 1. The second-order valence-electron chi connectivity index (χ2n) is 4.22. The van der Waals surface area contributed by atoms with Crippen molar-refractivity contribution < 1.29 is 9.53 Å². The van der Waals surface area contributed by atoms with Gasteiger partial charge in [0.2, 0.25) is 5.88 Å². The number of hydrogen-bond acceptors (Lipinski definition) is 4. The van der Waals surface area contributed by atoms with Crippen LogP contribution < -0.4 is 10.1 Å². The lowest BCUT2D eigenvalue weighted by Gasteiger charge is -2.10. The summed E-state index contributed by atoms with van der Waals surface area (Å²) in [6.07, 6.45) is 2.60. The van der Waals surface area contributed by atoms with E-state index in [2.05, 4.69) is 10.3 Å². The molecule has 4 heteroatoms. The Kier molecular flexibility index (Phi) is 3.80. The normalized spacial score (nSPS) is 10.1. The maximum atomic E-state index is 11.0. The van der Waals surface area contributed by atoms with Crippen molar-refractivity contribution in [3.05, 3.63) is 41.6 Å². The Labute approximate surface area is 112 Å². The zero-order valence-corrected chi connectivity index (χ0v) is 11.2. The van der Waals surface area contributed by atoms with E-state index in [1.54, 1.807) is 13.3 Å². The summed E-state index contributed by atoms with van der Waals surface area (Å²) in [6, 6.07) is 7.73. The number of nitrogens with one attached hydrogen (secondary N) is 1. The maximum absolute atomic E-state index is 11.0. The van der Waals surface area contributed by atoms with Gasteiger partial charge in [0.25, 0.3) is 0 Å². The third-order valence-electron chi connectivity index (χ3n) is 3.05. The molecule has 1 aromatic heterocycles. The van der Waals surface area contributed by atoms with Crippen molar-refractivity contribution in [2.45, 2.75) is 6.92 Å². The fourth-order valence-corrected chi connectivity index (χ4v) is 1.90. The Hall–Kier alpha value is -2.36. The second kappa shape index (κ2) is 5.52. The number of aldehydes is 1. The van der Waals surface area contributed by atoms with Gasteiger partial charge in [0.1, 0.15) is 6.29 Å². The zero-order chi connectivity index (χ0) is 13.8. The lowest BCUT2D eigenvalue weighted by atomic mass is 10.0. The fourth-order valence-electron chi connectivity index (χ4n) is 1.90. The van der Waals surface area contributed by atoms with Crippen molar-refractivity contribution in [2.24, 2.45) is 0 Å². The van der Waals surface area contributed by atoms with E-state index in [1.165, 1.54) is 0 Å². The van der Waals surface area contributed by atoms with E-state index < -0.39 is 0 Å². The predicted molar refractivity (Wildman–Crippen MR) is 75.9 cm³/mol. The van der Waals surface area contributed by atoms with Gasteiger partial charge in [-0.15, -0.1) is 0 Å². The molecule has 2 rings (SSSR count). The molecule has 1 aromatic carbocycles. The van der Waals surface area contributed by atoms with Crippen LogP contribution in [0.1, 0.15) is 15.9 Å². The lowest BCUT2D eigenvalue weighted by molar-refractivity contribution is 0.112. The summed E-state index contributed by atoms with van der Waals surface area (Å²) < 4.78 is 5.16. The molecule has 0 saturated carbocycles. The van der Waals surface area contributed by atoms with Crippen molar-refractivity contribution in [3.8, 4) is 17.0 Å². The van der Waals surface area contributed by atoms with E-state index in [0.29, 0.717) is 11.4 Å². The highest BCUT2D eigenvalue weighted by atomic mass is 16.5. The van der Waals surface area contributed by atoms with Crippen LogP contribution in [-0.4, -0.2) is 25.4 Å². The summed E-state index contributed by atoms with van der Waals surface area (Å²) in [4.78, 5) is 15.2. The van der Waals surface area contributed by atoms with E-state index in [-0.39, 0.29) is 0 Å². The number of carbonyl (C=O) groups excluding carboxylic acids is 1. The van der Waals surface area contributed by atoms with Crippen LogP contribution >= 0.6 is 0 Å². The van der Waals surface area contributed by atoms with E-state index in [1.807, 2.05) is 38.2 Å². The molecular weight excluding hydrogens is 240 g/mol. The quantitative estimate of drug-likeness (QED) is 0.854. The van der Waals surface area contributed by atoms with Gasteiger partial charge < -0.3 is 10.1 Å².